The summed E-state index contributed by atoms with van der Waals surface area (Å²) in [7, 11) is 0. The van der Waals surface area contributed by atoms with Gasteiger partial charge in [-0.1, -0.05) is 91.0 Å². The van der Waals surface area contributed by atoms with Gasteiger partial charge in [0.05, 0.1) is 12.9 Å². The molecule has 4 aromatic carbocycles. The standard InChI is InChI=1S/C61H81N15O9S/c1-37(69-56(80)48(25-28-86-2)70-53(77)33-64)55(79)73-52(32-42-35-66-36-68-42)61(85)76-50(30-40-19-14-18-39-17-6-7-20-43(39)40)59(83)72-47(24-11-13-27-63)57(81)75-51(31-41-34-67-45-22-9-8-21-44(41)45)60(84)74-49(29-38-15-4-3-5-16-38)58(82)71-46(54(65)78)23-10-12-26-62/h3-9,14-22,34-37,46-52,67H,10-13,23-33,62-64H2,1-2H3,(H2,65,78)(H,66,68)(H,69,80)(H,70,77)(H,71,82)(H,72,83)(H,73,79)(H,74,84)(H,75,81)(H,76,85)/t37-,46-,47+,48-,49+,50+,51-,52-/m0/s1. The fourth-order valence-electron chi connectivity index (χ4n) is 9.85. The van der Waals surface area contributed by atoms with Gasteiger partial charge in [-0.05, 0) is 110 Å². The van der Waals surface area contributed by atoms with Crippen molar-refractivity contribution >= 4 is 86.6 Å². The second kappa shape index (κ2) is 34.3. The molecule has 2 heterocycles. The van der Waals surface area contributed by atoms with Crippen LogP contribution in [0, 0.1) is 0 Å². The Morgan fingerprint density at radius 2 is 1.01 bits per heavy atom. The van der Waals surface area contributed by atoms with E-state index < -0.39 is 101 Å². The van der Waals surface area contributed by atoms with Crippen LogP contribution in [0.2, 0.25) is 0 Å². The van der Waals surface area contributed by atoms with Gasteiger partial charge >= 0.3 is 0 Å². The van der Waals surface area contributed by atoms with Crippen molar-refractivity contribution in [3.8, 4) is 0 Å². The molecule has 8 atom stereocenters. The van der Waals surface area contributed by atoms with Crippen LogP contribution in [0.3, 0.4) is 0 Å². The molecule has 0 saturated carbocycles. The number of fused-ring (bicyclic) bond motifs is 2. The van der Waals surface area contributed by atoms with Crippen LogP contribution in [0.15, 0.2) is 116 Å². The number of carbonyl (C=O) groups excluding carboxylic acids is 9. The SMILES string of the molecule is CSCC[C@H](NC(=O)CN)C(=O)N[C@@H](C)C(=O)N[C@@H](Cc1cnc[nH]1)C(=O)N[C@H](Cc1cccc2ccccc12)C(=O)N[C@H](CCCCN)C(=O)N[C@@H](Cc1c[nH]c2ccccc12)C(=O)N[C@H](Cc1ccccc1)C(=O)N[C@@H](CCCCN)C(N)=O. The van der Waals surface area contributed by atoms with Crippen molar-refractivity contribution in [3.63, 3.8) is 0 Å². The number of imidazole rings is 1. The fraction of sp³-hybridized carbons (Fsp3) is 0.410. The Balaban J connectivity index is 1.31. The Morgan fingerprint density at radius 3 is 1.63 bits per heavy atom. The highest BCUT2D eigenvalue weighted by atomic mass is 32.2. The number of carbonyl (C=O) groups is 9. The van der Waals surface area contributed by atoms with Gasteiger partial charge in [0.15, 0.2) is 0 Å². The molecule has 0 unspecified atom stereocenters. The molecule has 0 radical (unpaired) electrons. The number of benzene rings is 4. The molecule has 18 N–H and O–H groups in total. The zero-order valence-corrected chi connectivity index (χ0v) is 49.4. The Bertz CT molecular complexity index is 3210. The highest BCUT2D eigenvalue weighted by Gasteiger charge is 2.35. The second-order valence-electron chi connectivity index (χ2n) is 21.1. The number of nitrogens with one attached hydrogen (secondary N) is 10. The van der Waals surface area contributed by atoms with Crippen molar-refractivity contribution in [3.05, 3.63) is 138 Å². The number of aromatic amines is 2. The fourth-order valence-corrected chi connectivity index (χ4v) is 10.3. The number of rotatable bonds is 36. The average molecular weight is 1200 g/mol. The lowest BCUT2D eigenvalue weighted by molar-refractivity contribution is -0.135. The molecular formula is C61H81N15O9S. The molecule has 6 aromatic rings. The summed E-state index contributed by atoms with van der Waals surface area (Å²) in [6.07, 6.45) is 8.52. The quantitative estimate of drug-likeness (QED) is 0.0241. The predicted octanol–water partition coefficient (Wildman–Crippen LogP) is 0.668. The van der Waals surface area contributed by atoms with Crippen molar-refractivity contribution < 1.29 is 43.2 Å². The molecule has 0 bridgehead atoms. The summed E-state index contributed by atoms with van der Waals surface area (Å²) in [5, 5.41) is 24.5. The molecule has 0 fully saturated rings. The number of H-pyrrole nitrogens is 2. The number of nitrogens with two attached hydrogens (primary N) is 4. The summed E-state index contributed by atoms with van der Waals surface area (Å²) in [5.41, 5.74) is 26.1. The largest absolute Gasteiger partial charge is 0.368 e. The monoisotopic (exact) mass is 1200 g/mol. The molecular weight excluding hydrogens is 1120 g/mol. The van der Waals surface area contributed by atoms with Crippen LogP contribution < -0.4 is 65.5 Å². The molecule has 0 aliphatic heterocycles. The lowest BCUT2D eigenvalue weighted by atomic mass is 9.97. The van der Waals surface area contributed by atoms with E-state index in [1.54, 1.807) is 36.5 Å². The molecule has 0 spiro atoms. The summed E-state index contributed by atoms with van der Waals surface area (Å²) >= 11 is 1.46. The minimum atomic E-state index is -1.40. The normalized spacial score (nSPS) is 14.0. The van der Waals surface area contributed by atoms with Gasteiger partial charge in [0, 0.05) is 54.7 Å². The number of hydrogen-bond acceptors (Lipinski definition) is 14. The number of nitrogens with zero attached hydrogens (tertiary/aromatic N) is 1. The first kappa shape index (κ1) is 66.5. The van der Waals surface area contributed by atoms with E-state index in [0.29, 0.717) is 60.4 Å². The van der Waals surface area contributed by atoms with E-state index >= 15 is 9.59 Å². The van der Waals surface area contributed by atoms with E-state index in [1.807, 2.05) is 73.0 Å². The topological polar surface area (TPSA) is 398 Å². The Morgan fingerprint density at radius 1 is 0.500 bits per heavy atom. The molecule has 9 amide bonds. The average Bonchev–Trinajstić information content (AvgIpc) is 4.34. The van der Waals surface area contributed by atoms with E-state index in [1.165, 1.54) is 31.2 Å². The van der Waals surface area contributed by atoms with Crippen molar-refractivity contribution in [2.45, 2.75) is 126 Å². The highest BCUT2D eigenvalue weighted by Crippen LogP contribution is 2.22. The third-order valence-corrected chi connectivity index (χ3v) is 15.2. The van der Waals surface area contributed by atoms with Crippen molar-refractivity contribution in [1.29, 1.82) is 0 Å². The summed E-state index contributed by atoms with van der Waals surface area (Å²) in [6.45, 7) is 1.70. The van der Waals surface area contributed by atoms with Gasteiger partial charge in [0.2, 0.25) is 53.2 Å². The van der Waals surface area contributed by atoms with Crippen LogP contribution in [0.5, 0.6) is 0 Å². The van der Waals surface area contributed by atoms with Crippen molar-refractivity contribution in [2.75, 3.05) is 31.6 Å². The van der Waals surface area contributed by atoms with Gasteiger partial charge in [-0.15, -0.1) is 0 Å². The Labute approximate surface area is 503 Å². The maximum atomic E-state index is 15.1. The molecule has 25 heteroatoms. The van der Waals surface area contributed by atoms with E-state index in [4.69, 9.17) is 22.9 Å². The maximum absolute atomic E-state index is 15.1. The van der Waals surface area contributed by atoms with E-state index in [-0.39, 0.29) is 58.0 Å². The smallest absolute Gasteiger partial charge is 0.243 e. The summed E-state index contributed by atoms with van der Waals surface area (Å²) in [5.74, 6) is -5.98. The van der Waals surface area contributed by atoms with Crippen LogP contribution in [0.1, 0.15) is 74.3 Å². The van der Waals surface area contributed by atoms with Crippen molar-refractivity contribution in [1.82, 2.24) is 57.5 Å². The van der Waals surface area contributed by atoms with Crippen LogP contribution >= 0.6 is 11.8 Å². The van der Waals surface area contributed by atoms with Gasteiger partial charge in [-0.3, -0.25) is 43.2 Å². The van der Waals surface area contributed by atoms with Crippen LogP contribution in [0.25, 0.3) is 21.7 Å². The maximum Gasteiger partial charge on any atom is 0.243 e. The highest BCUT2D eigenvalue weighted by molar-refractivity contribution is 7.98. The summed E-state index contributed by atoms with van der Waals surface area (Å²) < 4.78 is 0. The minimum Gasteiger partial charge on any atom is -0.368 e. The van der Waals surface area contributed by atoms with Gasteiger partial charge in [-0.25, -0.2) is 4.98 Å². The first-order chi connectivity index (χ1) is 41.5. The third-order valence-electron chi connectivity index (χ3n) is 14.6. The molecule has 86 heavy (non-hydrogen) atoms. The number of primary amides is 1. The molecule has 2 aromatic heterocycles. The Kier molecular flexibility index (Phi) is 26.6. The van der Waals surface area contributed by atoms with Crippen LogP contribution in [-0.2, 0) is 68.8 Å². The van der Waals surface area contributed by atoms with Gasteiger partial charge in [-0.2, -0.15) is 11.8 Å². The zero-order chi connectivity index (χ0) is 62.0. The van der Waals surface area contributed by atoms with Gasteiger partial charge in [0.1, 0.15) is 48.3 Å². The molecule has 460 valence electrons. The van der Waals surface area contributed by atoms with Crippen LogP contribution in [-0.4, -0.2) is 148 Å². The molecule has 24 nitrogen and oxygen atoms in total. The van der Waals surface area contributed by atoms with Crippen molar-refractivity contribution in [2.24, 2.45) is 22.9 Å². The first-order valence-electron chi connectivity index (χ1n) is 28.8. The molecule has 0 saturated heterocycles. The van der Waals surface area contributed by atoms with Crippen LogP contribution in [0.4, 0.5) is 0 Å². The van der Waals surface area contributed by atoms with E-state index in [9.17, 15) is 33.6 Å². The number of amides is 9. The third kappa shape index (κ3) is 20.3. The lowest BCUT2D eigenvalue weighted by Gasteiger charge is -2.28. The number of para-hydroxylation sites is 1. The number of unbranched alkanes of at least 4 members (excludes halogenated alkanes) is 2. The lowest BCUT2D eigenvalue weighted by Crippen LogP contribution is -2.61. The summed E-state index contributed by atoms with van der Waals surface area (Å²) in [6, 6.07) is 19.4. The predicted molar refractivity (Wildman–Crippen MR) is 330 cm³/mol. The number of aromatic nitrogens is 3. The number of thioether (sulfide) groups is 1. The van der Waals surface area contributed by atoms with E-state index in [2.05, 4.69) is 57.5 Å². The first-order valence-corrected chi connectivity index (χ1v) is 30.2. The second-order valence-corrected chi connectivity index (χ2v) is 22.0. The molecule has 0 aliphatic rings. The molecule has 6 rings (SSSR count). The Hall–Kier alpha value is -8.65. The van der Waals surface area contributed by atoms with Gasteiger partial charge < -0.3 is 75.4 Å². The zero-order valence-electron chi connectivity index (χ0n) is 48.5. The van der Waals surface area contributed by atoms with Gasteiger partial charge in [0.25, 0.3) is 0 Å². The molecule has 0 aliphatic carbocycles. The number of hydrogen-bond donors (Lipinski definition) is 14. The minimum absolute atomic E-state index is 0.000530. The van der Waals surface area contributed by atoms with E-state index in [0.717, 1.165) is 21.7 Å². The summed E-state index contributed by atoms with van der Waals surface area (Å²) in [4.78, 5) is 137.